The second-order valence-electron chi connectivity index (χ2n) is 3.42. The van der Waals surface area contributed by atoms with Gasteiger partial charge in [-0.15, -0.1) is 0 Å². The van der Waals surface area contributed by atoms with E-state index in [-0.39, 0.29) is 5.56 Å². The molecule has 0 bridgehead atoms. The van der Waals surface area contributed by atoms with Crippen LogP contribution in [-0.2, 0) is 0 Å². The fraction of sp³-hybridized carbons (Fsp3) is 0.0769. The Labute approximate surface area is 98.5 Å². The predicted molar refractivity (Wildman–Crippen MR) is 63.2 cm³/mol. The SMILES string of the molecule is COc1ccc(C(=O)O)c(-c2ccccc2)n1. The molecule has 0 aliphatic rings. The average molecular weight is 229 g/mol. The molecule has 86 valence electrons. The number of carboxylic acids is 1. The van der Waals surface area contributed by atoms with Crippen LogP contribution in [0, 0.1) is 0 Å². The number of benzene rings is 1. The minimum absolute atomic E-state index is 0.164. The van der Waals surface area contributed by atoms with E-state index in [9.17, 15) is 4.79 Å². The number of nitrogens with zero attached hydrogens (tertiary/aromatic N) is 1. The molecule has 1 N–H and O–H groups in total. The molecule has 0 saturated carbocycles. The average Bonchev–Trinajstić information content (AvgIpc) is 2.39. The number of ether oxygens (including phenoxy) is 1. The fourth-order valence-corrected chi connectivity index (χ4v) is 1.54. The van der Waals surface area contributed by atoms with Gasteiger partial charge in [0.05, 0.1) is 18.4 Å². The van der Waals surface area contributed by atoms with Crippen LogP contribution >= 0.6 is 0 Å². The number of aromatic nitrogens is 1. The quantitative estimate of drug-likeness (QED) is 0.878. The fourth-order valence-electron chi connectivity index (χ4n) is 1.54. The van der Waals surface area contributed by atoms with E-state index >= 15 is 0 Å². The molecule has 0 aliphatic carbocycles. The molecule has 0 aliphatic heterocycles. The van der Waals surface area contributed by atoms with Crippen LogP contribution in [-0.4, -0.2) is 23.2 Å². The summed E-state index contributed by atoms with van der Waals surface area (Å²) < 4.78 is 5.01. The third-order valence-corrected chi connectivity index (χ3v) is 2.36. The molecule has 2 aromatic rings. The molecular weight excluding hydrogens is 218 g/mol. The van der Waals surface area contributed by atoms with E-state index in [2.05, 4.69) is 4.98 Å². The predicted octanol–water partition coefficient (Wildman–Crippen LogP) is 2.46. The third kappa shape index (κ3) is 2.25. The van der Waals surface area contributed by atoms with Crippen molar-refractivity contribution < 1.29 is 14.6 Å². The Hall–Kier alpha value is -2.36. The van der Waals surface area contributed by atoms with E-state index in [1.54, 1.807) is 0 Å². The van der Waals surface area contributed by atoms with Crippen LogP contribution in [0.3, 0.4) is 0 Å². The lowest BCUT2D eigenvalue weighted by Gasteiger charge is -2.07. The Balaban J connectivity index is 2.61. The number of methoxy groups -OCH3 is 1. The number of hydrogen-bond acceptors (Lipinski definition) is 3. The molecule has 0 unspecified atom stereocenters. The zero-order valence-electron chi connectivity index (χ0n) is 9.25. The van der Waals surface area contributed by atoms with E-state index in [4.69, 9.17) is 9.84 Å². The molecule has 0 amide bonds. The van der Waals surface area contributed by atoms with E-state index in [0.717, 1.165) is 5.56 Å². The highest BCUT2D eigenvalue weighted by Gasteiger charge is 2.14. The van der Waals surface area contributed by atoms with Gasteiger partial charge in [-0.3, -0.25) is 0 Å². The van der Waals surface area contributed by atoms with Gasteiger partial charge in [0.25, 0.3) is 0 Å². The topological polar surface area (TPSA) is 59.4 Å². The number of pyridine rings is 1. The van der Waals surface area contributed by atoms with E-state index in [1.807, 2.05) is 30.3 Å². The summed E-state index contributed by atoms with van der Waals surface area (Å²) in [5.41, 5.74) is 1.33. The van der Waals surface area contributed by atoms with Crippen LogP contribution in [0.1, 0.15) is 10.4 Å². The van der Waals surface area contributed by atoms with Crippen LogP contribution in [0.25, 0.3) is 11.3 Å². The van der Waals surface area contributed by atoms with Crippen molar-refractivity contribution in [3.63, 3.8) is 0 Å². The van der Waals surface area contributed by atoms with Gasteiger partial charge in [-0.05, 0) is 6.07 Å². The molecule has 1 heterocycles. The number of rotatable bonds is 3. The van der Waals surface area contributed by atoms with Gasteiger partial charge in [-0.2, -0.15) is 0 Å². The molecular formula is C13H11NO3. The van der Waals surface area contributed by atoms with Crippen molar-refractivity contribution in [3.8, 4) is 17.1 Å². The van der Waals surface area contributed by atoms with Crippen LogP contribution in [0.4, 0.5) is 0 Å². The Morgan fingerprint density at radius 3 is 2.47 bits per heavy atom. The highest BCUT2D eigenvalue weighted by atomic mass is 16.5. The zero-order valence-corrected chi connectivity index (χ0v) is 9.25. The molecule has 0 fully saturated rings. The summed E-state index contributed by atoms with van der Waals surface area (Å²) in [6.07, 6.45) is 0. The summed E-state index contributed by atoms with van der Waals surface area (Å²) >= 11 is 0. The Morgan fingerprint density at radius 1 is 1.18 bits per heavy atom. The van der Waals surface area contributed by atoms with E-state index in [0.29, 0.717) is 11.6 Å². The molecule has 0 atom stereocenters. The molecule has 4 heteroatoms. The van der Waals surface area contributed by atoms with E-state index < -0.39 is 5.97 Å². The van der Waals surface area contributed by atoms with Crippen molar-refractivity contribution in [2.45, 2.75) is 0 Å². The lowest BCUT2D eigenvalue weighted by Crippen LogP contribution is -2.02. The first-order valence-electron chi connectivity index (χ1n) is 5.06. The van der Waals surface area contributed by atoms with Crippen molar-refractivity contribution in [1.29, 1.82) is 0 Å². The van der Waals surface area contributed by atoms with Crippen LogP contribution in [0.5, 0.6) is 5.88 Å². The van der Waals surface area contributed by atoms with Crippen LogP contribution < -0.4 is 4.74 Å². The van der Waals surface area contributed by atoms with Gasteiger partial charge < -0.3 is 9.84 Å². The first-order valence-corrected chi connectivity index (χ1v) is 5.06. The lowest BCUT2D eigenvalue weighted by atomic mass is 10.1. The highest BCUT2D eigenvalue weighted by molar-refractivity contribution is 5.94. The van der Waals surface area contributed by atoms with Gasteiger partial charge in [0.1, 0.15) is 0 Å². The maximum absolute atomic E-state index is 11.1. The summed E-state index contributed by atoms with van der Waals surface area (Å²) in [7, 11) is 1.50. The van der Waals surface area contributed by atoms with E-state index in [1.165, 1.54) is 19.2 Å². The molecule has 0 radical (unpaired) electrons. The van der Waals surface area contributed by atoms with Gasteiger partial charge in [-0.25, -0.2) is 9.78 Å². The van der Waals surface area contributed by atoms with Crippen molar-refractivity contribution in [3.05, 3.63) is 48.0 Å². The van der Waals surface area contributed by atoms with Gasteiger partial charge >= 0.3 is 5.97 Å². The summed E-state index contributed by atoms with van der Waals surface area (Å²) in [5.74, 6) is -0.604. The van der Waals surface area contributed by atoms with Gasteiger partial charge in [0.2, 0.25) is 5.88 Å². The highest BCUT2D eigenvalue weighted by Crippen LogP contribution is 2.24. The minimum Gasteiger partial charge on any atom is -0.481 e. The Bertz CT molecular complexity index is 538. The van der Waals surface area contributed by atoms with Crippen molar-refractivity contribution >= 4 is 5.97 Å². The molecule has 1 aromatic carbocycles. The van der Waals surface area contributed by atoms with Crippen molar-refractivity contribution in [1.82, 2.24) is 4.98 Å². The zero-order chi connectivity index (χ0) is 12.3. The largest absolute Gasteiger partial charge is 0.481 e. The van der Waals surface area contributed by atoms with Gasteiger partial charge in [0, 0.05) is 11.6 Å². The standard InChI is InChI=1S/C13H11NO3/c1-17-11-8-7-10(13(15)16)12(14-11)9-5-3-2-4-6-9/h2-8H,1H3,(H,15,16). The number of hydrogen-bond donors (Lipinski definition) is 1. The summed E-state index contributed by atoms with van der Waals surface area (Å²) in [6.45, 7) is 0. The van der Waals surface area contributed by atoms with Gasteiger partial charge in [-0.1, -0.05) is 30.3 Å². The number of carboxylic acid groups (broad SMARTS) is 1. The van der Waals surface area contributed by atoms with Crippen LogP contribution in [0.15, 0.2) is 42.5 Å². The Kier molecular flexibility index (Phi) is 3.05. The smallest absolute Gasteiger partial charge is 0.337 e. The van der Waals surface area contributed by atoms with Crippen molar-refractivity contribution in [2.75, 3.05) is 7.11 Å². The monoisotopic (exact) mass is 229 g/mol. The summed E-state index contributed by atoms with van der Waals surface area (Å²) in [6, 6.07) is 12.2. The molecule has 2 rings (SSSR count). The normalized spacial score (nSPS) is 9.94. The summed E-state index contributed by atoms with van der Waals surface area (Å²) in [4.78, 5) is 15.3. The molecule has 0 spiro atoms. The first kappa shape index (κ1) is 11.1. The van der Waals surface area contributed by atoms with Crippen LogP contribution in [0.2, 0.25) is 0 Å². The summed E-state index contributed by atoms with van der Waals surface area (Å²) in [5, 5.41) is 9.11. The third-order valence-electron chi connectivity index (χ3n) is 2.36. The molecule has 0 saturated heterocycles. The minimum atomic E-state index is -1.00. The molecule has 1 aromatic heterocycles. The molecule has 17 heavy (non-hydrogen) atoms. The second-order valence-corrected chi connectivity index (χ2v) is 3.42. The first-order chi connectivity index (χ1) is 8.22. The maximum Gasteiger partial charge on any atom is 0.337 e. The maximum atomic E-state index is 11.1. The second kappa shape index (κ2) is 4.65. The lowest BCUT2D eigenvalue weighted by molar-refractivity contribution is 0.0697. The van der Waals surface area contributed by atoms with Gasteiger partial charge in [0.15, 0.2) is 0 Å². The molecule has 4 nitrogen and oxygen atoms in total. The number of aromatic carboxylic acids is 1. The Morgan fingerprint density at radius 2 is 1.88 bits per heavy atom. The van der Waals surface area contributed by atoms with Crippen molar-refractivity contribution in [2.24, 2.45) is 0 Å². The number of carbonyl (C=O) groups is 1.